The van der Waals surface area contributed by atoms with Gasteiger partial charge in [-0.2, -0.15) is 0 Å². The van der Waals surface area contributed by atoms with Crippen molar-refractivity contribution in [1.82, 2.24) is 10.2 Å². The van der Waals surface area contributed by atoms with Gasteiger partial charge in [-0.1, -0.05) is 19.8 Å². The number of carbonyl (C=O) groups excluding carboxylic acids is 1. The van der Waals surface area contributed by atoms with Crippen molar-refractivity contribution in [3.8, 4) is 0 Å². The van der Waals surface area contributed by atoms with Gasteiger partial charge in [-0.25, -0.2) is 4.79 Å². The number of amides is 2. The first-order valence-corrected chi connectivity index (χ1v) is 7.82. The number of carbonyl (C=O) groups is 2. The summed E-state index contributed by atoms with van der Waals surface area (Å²) in [7, 11) is 0. The van der Waals surface area contributed by atoms with Crippen molar-refractivity contribution in [2.24, 2.45) is 11.8 Å². The summed E-state index contributed by atoms with van der Waals surface area (Å²) in [6, 6.07) is -0.204. The first-order valence-electron chi connectivity index (χ1n) is 7.82. The molecule has 1 aliphatic carbocycles. The summed E-state index contributed by atoms with van der Waals surface area (Å²) in [6.07, 6.45) is 6.73. The Morgan fingerprint density at radius 3 is 2.75 bits per heavy atom. The lowest BCUT2D eigenvalue weighted by Gasteiger charge is -2.29. The first-order chi connectivity index (χ1) is 9.56. The molecule has 2 rings (SSSR count). The van der Waals surface area contributed by atoms with E-state index in [9.17, 15) is 9.59 Å². The molecule has 1 saturated carbocycles. The van der Waals surface area contributed by atoms with Crippen LogP contribution < -0.4 is 5.32 Å². The maximum absolute atomic E-state index is 12.2. The molecule has 5 heteroatoms. The van der Waals surface area contributed by atoms with Crippen molar-refractivity contribution in [3.05, 3.63) is 0 Å². The molecule has 5 nitrogen and oxygen atoms in total. The maximum Gasteiger partial charge on any atom is 0.317 e. The van der Waals surface area contributed by atoms with E-state index >= 15 is 0 Å². The molecular formula is C15H26N2O3. The van der Waals surface area contributed by atoms with E-state index in [1.807, 2.05) is 0 Å². The van der Waals surface area contributed by atoms with Gasteiger partial charge in [0.05, 0.1) is 6.42 Å². The number of carboxylic acids is 1. The summed E-state index contributed by atoms with van der Waals surface area (Å²) < 4.78 is 0. The highest BCUT2D eigenvalue weighted by Gasteiger charge is 2.30. The SMILES string of the molecule is CC1CCCC(CNC(=O)N2CCCC2CC(=O)O)C1. The summed E-state index contributed by atoms with van der Waals surface area (Å²) in [5, 5.41) is 11.9. The van der Waals surface area contributed by atoms with Gasteiger partial charge in [-0.15, -0.1) is 0 Å². The fourth-order valence-electron chi connectivity index (χ4n) is 3.60. The Kier molecular flexibility index (Phi) is 5.26. The predicted octanol–water partition coefficient (Wildman–Crippen LogP) is 2.46. The van der Waals surface area contributed by atoms with Crippen LogP contribution in [0, 0.1) is 11.8 Å². The van der Waals surface area contributed by atoms with Crippen LogP contribution >= 0.6 is 0 Å². The minimum Gasteiger partial charge on any atom is -0.481 e. The number of nitrogens with zero attached hydrogens (tertiary/aromatic N) is 1. The molecule has 1 aliphatic heterocycles. The van der Waals surface area contributed by atoms with Gasteiger partial charge in [0, 0.05) is 19.1 Å². The summed E-state index contributed by atoms with van der Waals surface area (Å²) in [5.74, 6) is 0.524. The Bertz CT molecular complexity index is 359. The number of rotatable bonds is 4. The molecule has 3 unspecified atom stereocenters. The van der Waals surface area contributed by atoms with E-state index in [1.54, 1.807) is 4.90 Å². The van der Waals surface area contributed by atoms with Crippen LogP contribution in [0.5, 0.6) is 0 Å². The van der Waals surface area contributed by atoms with Gasteiger partial charge in [0.1, 0.15) is 0 Å². The van der Waals surface area contributed by atoms with Gasteiger partial charge >= 0.3 is 12.0 Å². The summed E-state index contributed by atoms with van der Waals surface area (Å²) >= 11 is 0. The molecule has 2 N–H and O–H groups in total. The Morgan fingerprint density at radius 2 is 2.05 bits per heavy atom. The zero-order valence-electron chi connectivity index (χ0n) is 12.3. The Balaban J connectivity index is 1.77. The molecule has 2 amide bonds. The molecule has 0 radical (unpaired) electrons. The normalized spacial score (nSPS) is 30.2. The number of carboxylic acid groups (broad SMARTS) is 1. The minimum absolute atomic E-state index is 0.0634. The molecule has 3 atom stereocenters. The summed E-state index contributed by atoms with van der Waals surface area (Å²) in [5.41, 5.74) is 0. The van der Waals surface area contributed by atoms with Crippen molar-refractivity contribution < 1.29 is 14.7 Å². The number of hydrogen-bond donors (Lipinski definition) is 2. The molecule has 0 bridgehead atoms. The fourth-order valence-corrected chi connectivity index (χ4v) is 3.60. The van der Waals surface area contributed by atoms with E-state index in [1.165, 1.54) is 25.7 Å². The lowest BCUT2D eigenvalue weighted by molar-refractivity contribution is -0.137. The monoisotopic (exact) mass is 282 g/mol. The second-order valence-corrected chi connectivity index (χ2v) is 6.41. The van der Waals surface area contributed by atoms with E-state index in [0.717, 1.165) is 25.3 Å². The highest BCUT2D eigenvalue weighted by Crippen LogP contribution is 2.28. The van der Waals surface area contributed by atoms with Crippen molar-refractivity contribution >= 4 is 12.0 Å². The van der Waals surface area contributed by atoms with Crippen molar-refractivity contribution in [2.75, 3.05) is 13.1 Å². The molecule has 1 saturated heterocycles. The van der Waals surface area contributed by atoms with Crippen LogP contribution in [-0.4, -0.2) is 41.1 Å². The standard InChI is InChI=1S/C15H26N2O3/c1-11-4-2-5-12(8-11)10-16-15(20)17-7-3-6-13(17)9-14(18)19/h11-13H,2-10H2,1H3,(H,16,20)(H,18,19). The van der Waals surface area contributed by atoms with Crippen molar-refractivity contribution in [3.63, 3.8) is 0 Å². The lowest BCUT2D eigenvalue weighted by atomic mass is 9.82. The molecule has 0 aromatic rings. The van der Waals surface area contributed by atoms with Crippen molar-refractivity contribution in [2.45, 2.75) is 57.9 Å². The molecule has 0 spiro atoms. The van der Waals surface area contributed by atoms with Gasteiger partial charge < -0.3 is 15.3 Å². The van der Waals surface area contributed by atoms with Crippen LogP contribution in [0.4, 0.5) is 4.79 Å². The number of urea groups is 1. The Labute approximate surface area is 120 Å². The molecule has 1 heterocycles. The second-order valence-electron chi connectivity index (χ2n) is 6.41. The van der Waals surface area contributed by atoms with Crippen LogP contribution in [-0.2, 0) is 4.79 Å². The van der Waals surface area contributed by atoms with Gasteiger partial charge in [0.2, 0.25) is 0 Å². The topological polar surface area (TPSA) is 69.6 Å². The third-order valence-corrected chi connectivity index (χ3v) is 4.64. The van der Waals surface area contributed by atoms with Crippen LogP contribution in [0.1, 0.15) is 51.9 Å². The van der Waals surface area contributed by atoms with Crippen LogP contribution in [0.25, 0.3) is 0 Å². The molecule has 0 aromatic carbocycles. The van der Waals surface area contributed by atoms with Gasteiger partial charge in [-0.05, 0) is 37.5 Å². The molecular weight excluding hydrogens is 256 g/mol. The largest absolute Gasteiger partial charge is 0.481 e. The number of hydrogen-bond acceptors (Lipinski definition) is 2. The minimum atomic E-state index is -0.823. The van der Waals surface area contributed by atoms with E-state index in [-0.39, 0.29) is 18.5 Å². The molecule has 2 fully saturated rings. The molecule has 2 aliphatic rings. The zero-order chi connectivity index (χ0) is 14.5. The first kappa shape index (κ1) is 15.1. The number of aliphatic carboxylic acids is 1. The van der Waals surface area contributed by atoms with E-state index in [0.29, 0.717) is 12.5 Å². The quantitative estimate of drug-likeness (QED) is 0.832. The lowest BCUT2D eigenvalue weighted by Crippen LogP contribution is -2.45. The smallest absolute Gasteiger partial charge is 0.317 e. The van der Waals surface area contributed by atoms with Crippen LogP contribution in [0.15, 0.2) is 0 Å². The van der Waals surface area contributed by atoms with E-state index < -0.39 is 5.97 Å². The fraction of sp³-hybridized carbons (Fsp3) is 0.867. The number of nitrogens with one attached hydrogen (secondary N) is 1. The Hall–Kier alpha value is -1.26. The van der Waals surface area contributed by atoms with Gasteiger partial charge in [0.25, 0.3) is 0 Å². The molecule has 0 aromatic heterocycles. The van der Waals surface area contributed by atoms with Gasteiger partial charge in [0.15, 0.2) is 0 Å². The van der Waals surface area contributed by atoms with Crippen molar-refractivity contribution in [1.29, 1.82) is 0 Å². The summed E-state index contributed by atoms with van der Waals surface area (Å²) in [4.78, 5) is 24.7. The third kappa shape index (κ3) is 4.12. The average molecular weight is 282 g/mol. The van der Waals surface area contributed by atoms with E-state index in [2.05, 4.69) is 12.2 Å². The number of likely N-dealkylation sites (tertiary alicyclic amines) is 1. The average Bonchev–Trinajstić information content (AvgIpc) is 2.83. The molecule has 20 heavy (non-hydrogen) atoms. The Morgan fingerprint density at radius 1 is 1.25 bits per heavy atom. The summed E-state index contributed by atoms with van der Waals surface area (Å²) in [6.45, 7) is 3.70. The van der Waals surface area contributed by atoms with Crippen LogP contribution in [0.3, 0.4) is 0 Å². The van der Waals surface area contributed by atoms with Gasteiger partial charge in [-0.3, -0.25) is 4.79 Å². The second kappa shape index (κ2) is 6.95. The third-order valence-electron chi connectivity index (χ3n) is 4.64. The highest BCUT2D eigenvalue weighted by molar-refractivity contribution is 5.76. The maximum atomic E-state index is 12.2. The highest BCUT2D eigenvalue weighted by atomic mass is 16.4. The molecule has 114 valence electrons. The zero-order valence-corrected chi connectivity index (χ0v) is 12.3. The predicted molar refractivity (Wildman–Crippen MR) is 76.5 cm³/mol. The van der Waals surface area contributed by atoms with E-state index in [4.69, 9.17) is 5.11 Å². The van der Waals surface area contributed by atoms with Crippen LogP contribution in [0.2, 0.25) is 0 Å².